The molecule has 1 spiro atoms. The molecule has 0 aromatic carbocycles. The highest BCUT2D eigenvalue weighted by Gasteiger charge is 2.69. The first-order chi connectivity index (χ1) is 29.4. The van der Waals surface area contributed by atoms with Crippen LogP contribution < -0.4 is 0 Å². The molecule has 0 bridgehead atoms. The van der Waals surface area contributed by atoms with Gasteiger partial charge in [-0.15, -0.1) is 0 Å². The highest BCUT2D eigenvalue weighted by Crippen LogP contribution is 2.70. The van der Waals surface area contributed by atoms with E-state index in [1.54, 1.807) is 0 Å². The number of rotatable bonds is 8. The van der Waals surface area contributed by atoms with Gasteiger partial charge in [-0.2, -0.15) is 0 Å². The van der Waals surface area contributed by atoms with Crippen molar-refractivity contribution in [2.24, 2.45) is 46.3 Å². The Hall–Kier alpha value is -0.940. The summed E-state index contributed by atoms with van der Waals surface area (Å²) in [5.41, 5.74) is 1.59. The third-order valence-corrected chi connectivity index (χ3v) is 17.7. The predicted octanol–water partition coefficient (Wildman–Crippen LogP) is 0.214. The third kappa shape index (κ3) is 7.49. The molecular weight excluding hydrogens is 812 g/mol. The zero-order valence-corrected chi connectivity index (χ0v) is 36.6. The van der Waals surface area contributed by atoms with Crippen LogP contribution >= 0.6 is 0 Å². The molecule has 0 aromatic rings. The van der Waals surface area contributed by atoms with Gasteiger partial charge in [-0.3, -0.25) is 0 Å². The molecule has 8 fully saturated rings. The summed E-state index contributed by atoms with van der Waals surface area (Å²) < 4.78 is 48.9. The summed E-state index contributed by atoms with van der Waals surface area (Å²) in [7, 11) is 0. The lowest BCUT2D eigenvalue weighted by atomic mass is 9.47. The molecular formula is C45H72O17. The van der Waals surface area contributed by atoms with Gasteiger partial charge in [0.2, 0.25) is 0 Å². The second kappa shape index (κ2) is 17.3. The molecule has 354 valence electrons. The van der Waals surface area contributed by atoms with Crippen molar-refractivity contribution in [3.05, 3.63) is 11.6 Å². The second-order valence-electron chi connectivity index (χ2n) is 21.1. The molecule has 0 amide bonds. The molecule has 0 aromatic heterocycles. The molecule has 5 aliphatic heterocycles. The van der Waals surface area contributed by atoms with Crippen LogP contribution in [0, 0.1) is 46.3 Å². The first kappa shape index (κ1) is 46.2. The number of aliphatic hydroxyl groups excluding tert-OH is 9. The van der Waals surface area contributed by atoms with E-state index in [0.29, 0.717) is 41.9 Å². The van der Waals surface area contributed by atoms with E-state index in [0.717, 1.165) is 45.1 Å². The molecule has 5 saturated heterocycles. The number of hydrogen-bond donors (Lipinski definition) is 9. The van der Waals surface area contributed by atoms with Crippen molar-refractivity contribution in [2.75, 3.05) is 19.8 Å². The molecule has 26 atom stereocenters. The lowest BCUT2D eigenvalue weighted by molar-refractivity contribution is -0.378. The van der Waals surface area contributed by atoms with E-state index in [2.05, 4.69) is 33.8 Å². The van der Waals surface area contributed by atoms with E-state index in [9.17, 15) is 46.0 Å². The first-order valence-electron chi connectivity index (χ1n) is 23.4. The molecule has 17 nitrogen and oxygen atoms in total. The van der Waals surface area contributed by atoms with Crippen molar-refractivity contribution in [2.45, 2.75) is 203 Å². The summed E-state index contributed by atoms with van der Waals surface area (Å²) in [6.45, 7) is 10.6. The maximum absolute atomic E-state index is 11.6. The van der Waals surface area contributed by atoms with Gasteiger partial charge >= 0.3 is 0 Å². The average molecular weight is 885 g/mol. The Bertz CT molecular complexity index is 1610. The van der Waals surface area contributed by atoms with Crippen LogP contribution in [0.15, 0.2) is 11.6 Å². The van der Waals surface area contributed by atoms with E-state index in [4.69, 9.17) is 37.9 Å². The molecule has 9 N–H and O–H groups in total. The second-order valence-corrected chi connectivity index (χ2v) is 21.1. The Labute approximate surface area is 363 Å². The van der Waals surface area contributed by atoms with Crippen LogP contribution in [0.4, 0.5) is 0 Å². The lowest BCUT2D eigenvalue weighted by Gasteiger charge is -2.58. The van der Waals surface area contributed by atoms with Crippen molar-refractivity contribution in [1.82, 2.24) is 0 Å². The fraction of sp³-hybridized carbons (Fsp3) is 0.956. The van der Waals surface area contributed by atoms with E-state index in [-0.39, 0.29) is 23.0 Å². The Morgan fingerprint density at radius 1 is 0.677 bits per heavy atom. The van der Waals surface area contributed by atoms with Gasteiger partial charge in [-0.25, -0.2) is 0 Å². The molecule has 1 unspecified atom stereocenters. The van der Waals surface area contributed by atoms with Crippen molar-refractivity contribution in [1.29, 1.82) is 0 Å². The number of ether oxygens (including phenoxy) is 8. The predicted molar refractivity (Wildman–Crippen MR) is 214 cm³/mol. The van der Waals surface area contributed by atoms with Gasteiger partial charge in [0.15, 0.2) is 24.7 Å². The zero-order valence-electron chi connectivity index (χ0n) is 36.6. The number of fused-ring (bicyclic) bond motifs is 7. The molecule has 4 aliphatic carbocycles. The van der Waals surface area contributed by atoms with E-state index >= 15 is 0 Å². The van der Waals surface area contributed by atoms with Crippen LogP contribution in [0.2, 0.25) is 0 Å². The highest BCUT2D eigenvalue weighted by molar-refractivity contribution is 5.26. The third-order valence-electron chi connectivity index (χ3n) is 17.7. The van der Waals surface area contributed by atoms with Crippen molar-refractivity contribution < 1.29 is 83.9 Å². The fourth-order valence-electron chi connectivity index (χ4n) is 14.1. The van der Waals surface area contributed by atoms with Crippen LogP contribution in [0.3, 0.4) is 0 Å². The molecule has 3 saturated carbocycles. The van der Waals surface area contributed by atoms with Crippen molar-refractivity contribution in [3.63, 3.8) is 0 Å². The summed E-state index contributed by atoms with van der Waals surface area (Å²) in [6.07, 6.45) is -11.4. The van der Waals surface area contributed by atoms with Gasteiger partial charge in [-0.05, 0) is 98.7 Å². The zero-order chi connectivity index (χ0) is 44.2. The molecule has 9 rings (SSSR count). The normalized spacial score (nSPS) is 57.6. The monoisotopic (exact) mass is 884 g/mol. The fourth-order valence-corrected chi connectivity index (χ4v) is 14.1. The minimum Gasteiger partial charge on any atom is -0.394 e. The number of hydrogen-bond acceptors (Lipinski definition) is 17. The van der Waals surface area contributed by atoms with Crippen molar-refractivity contribution >= 4 is 0 Å². The van der Waals surface area contributed by atoms with Crippen LogP contribution in [-0.2, 0) is 37.9 Å². The number of allylic oxidation sites excluding steroid dienone is 1. The molecule has 17 heteroatoms. The van der Waals surface area contributed by atoms with Gasteiger partial charge in [-0.1, -0.05) is 39.3 Å². The van der Waals surface area contributed by atoms with Gasteiger partial charge in [0, 0.05) is 12.3 Å². The van der Waals surface area contributed by atoms with E-state index in [1.807, 2.05) is 0 Å². The maximum atomic E-state index is 11.6. The largest absolute Gasteiger partial charge is 0.394 e. The summed E-state index contributed by atoms with van der Waals surface area (Å²) in [6, 6.07) is 0. The lowest BCUT2D eigenvalue weighted by Crippen LogP contribution is -2.66. The minimum absolute atomic E-state index is 0.00992. The average Bonchev–Trinajstić information content (AvgIpc) is 3.70. The SMILES string of the molecule is CC1CC[C@@]2(OC1)O[C@H]1C[C@H]3[C@@H]4CC=C5C[C@@H](O[C@@H]6O[C@H](CO)[C@@H](O)[C@H](O[C@@H]7O[C@@H](C)[C@H](O[C@@H]8O[C@H](CO)[C@@H](O)[C@H](O)[C@H]8O)[C@@H](O)[C@H]7O)[C@H]6O)CC[C@]5(C)[C@H]4CC[C@]3(C)[C@H]1[C@@H]2C. The summed E-state index contributed by atoms with van der Waals surface area (Å²) in [5.74, 6) is 2.72. The summed E-state index contributed by atoms with van der Waals surface area (Å²) in [4.78, 5) is 0. The Kier molecular flexibility index (Phi) is 12.9. The van der Waals surface area contributed by atoms with Gasteiger partial charge in [0.1, 0.15) is 67.1 Å². The van der Waals surface area contributed by atoms with Crippen molar-refractivity contribution in [3.8, 4) is 0 Å². The molecule has 0 radical (unpaired) electrons. The Morgan fingerprint density at radius 3 is 2.03 bits per heavy atom. The van der Waals surface area contributed by atoms with Crippen LogP contribution in [0.25, 0.3) is 0 Å². The smallest absolute Gasteiger partial charge is 0.187 e. The quantitative estimate of drug-likeness (QED) is 0.148. The molecule has 5 heterocycles. The molecule has 62 heavy (non-hydrogen) atoms. The highest BCUT2D eigenvalue weighted by atomic mass is 16.8. The van der Waals surface area contributed by atoms with E-state index < -0.39 is 111 Å². The summed E-state index contributed by atoms with van der Waals surface area (Å²) in [5, 5.41) is 95.7. The Morgan fingerprint density at radius 2 is 1.34 bits per heavy atom. The number of aliphatic hydroxyl groups is 9. The van der Waals surface area contributed by atoms with Gasteiger partial charge in [0.05, 0.1) is 38.1 Å². The first-order valence-corrected chi connectivity index (χ1v) is 23.4. The Balaban J connectivity index is 0.834. The molecule has 9 aliphatic rings. The summed E-state index contributed by atoms with van der Waals surface area (Å²) >= 11 is 0. The van der Waals surface area contributed by atoms with Crippen LogP contribution in [0.5, 0.6) is 0 Å². The van der Waals surface area contributed by atoms with Crippen LogP contribution in [0.1, 0.15) is 92.4 Å². The topological polar surface area (TPSA) is 256 Å². The standard InChI is InChI=1S/C45H72O17/c1-19-8-13-45(55-18-19)20(2)30-27(62-45)15-26-24-7-6-22-14-23(9-11-43(22,4)25(24)10-12-44(26,30)5)57-42-37(54)39(32(49)29(17-47)59-42)61-40-36(53)34(51)38(21(3)56-40)60-41-35(52)33(50)31(48)28(16-46)58-41/h6,19-21,23-42,46-54H,7-18H2,1-5H3/t19?,20-,21-,23-,24+,25-,26-,27-,28+,29+,30-,31+,32+,33-,34-,35+,36+,37+,38-,39-,40-,41-,42+,43-,44-,45+/m0/s1. The van der Waals surface area contributed by atoms with Gasteiger partial charge < -0.3 is 83.9 Å². The van der Waals surface area contributed by atoms with Gasteiger partial charge in [0.25, 0.3) is 0 Å². The maximum Gasteiger partial charge on any atom is 0.187 e. The van der Waals surface area contributed by atoms with Crippen LogP contribution in [-0.4, -0.2) is 176 Å². The van der Waals surface area contributed by atoms with E-state index in [1.165, 1.54) is 25.3 Å². The minimum atomic E-state index is -1.81.